The summed E-state index contributed by atoms with van der Waals surface area (Å²) >= 11 is 1.36. The number of methoxy groups -OCH3 is 2. The van der Waals surface area contributed by atoms with Crippen LogP contribution in [0.5, 0.6) is 0 Å². The van der Waals surface area contributed by atoms with Crippen LogP contribution in [-0.2, 0) is 35.0 Å². The summed E-state index contributed by atoms with van der Waals surface area (Å²) in [6.45, 7) is 5.54. The molecule has 3 rings (SSSR count). The molecule has 0 aliphatic carbocycles. The average Bonchev–Trinajstić information content (AvgIpc) is 3.24. The largest absolute Gasteiger partial charge is 0.468 e. The van der Waals surface area contributed by atoms with Gasteiger partial charge in [0.15, 0.2) is 5.13 Å². The highest BCUT2D eigenvalue weighted by atomic mass is 32.1. The van der Waals surface area contributed by atoms with Crippen LogP contribution >= 0.6 is 11.3 Å². The molecule has 0 amide bonds. The second-order valence-corrected chi connectivity index (χ2v) is 8.46. The fraction of sp³-hybridized carbons (Fsp3) is 0.375. The minimum atomic E-state index is -0.769. The molecule has 1 N–H and O–H groups in total. The summed E-state index contributed by atoms with van der Waals surface area (Å²) in [6.07, 6.45) is 0.0973. The Labute approximate surface area is 201 Å². The minimum Gasteiger partial charge on any atom is -0.468 e. The van der Waals surface area contributed by atoms with Crippen molar-refractivity contribution < 1.29 is 28.6 Å². The van der Waals surface area contributed by atoms with E-state index in [1.807, 2.05) is 24.3 Å². The van der Waals surface area contributed by atoms with Gasteiger partial charge in [-0.05, 0) is 38.5 Å². The summed E-state index contributed by atoms with van der Waals surface area (Å²) in [7, 11) is 2.61. The van der Waals surface area contributed by atoms with Gasteiger partial charge in [0.1, 0.15) is 5.92 Å². The van der Waals surface area contributed by atoms with Crippen molar-refractivity contribution in [2.24, 2.45) is 10.9 Å². The lowest BCUT2D eigenvalue weighted by Gasteiger charge is -2.31. The van der Waals surface area contributed by atoms with E-state index in [1.165, 1.54) is 25.6 Å². The number of hydrogen-bond donors (Lipinski definition) is 1. The van der Waals surface area contributed by atoms with Gasteiger partial charge in [-0.3, -0.25) is 14.6 Å². The molecule has 0 radical (unpaired) electrons. The predicted octanol–water partition coefficient (Wildman–Crippen LogP) is 3.79. The topological polar surface area (TPSA) is 116 Å². The van der Waals surface area contributed by atoms with Crippen molar-refractivity contribution in [2.45, 2.75) is 33.1 Å². The number of allylic oxidation sites excluding steroid dienone is 1. The monoisotopic (exact) mass is 485 g/mol. The van der Waals surface area contributed by atoms with E-state index in [9.17, 15) is 14.4 Å². The number of esters is 3. The van der Waals surface area contributed by atoms with E-state index in [0.29, 0.717) is 40.1 Å². The van der Waals surface area contributed by atoms with Crippen LogP contribution in [0.25, 0.3) is 0 Å². The van der Waals surface area contributed by atoms with E-state index in [2.05, 4.69) is 15.3 Å². The number of carbonyl (C=O) groups is 3. The van der Waals surface area contributed by atoms with Gasteiger partial charge in [0.05, 0.1) is 38.5 Å². The third-order valence-electron chi connectivity index (χ3n) is 5.37. The first-order valence-corrected chi connectivity index (χ1v) is 11.6. The SMILES string of the molecule is CCOC(=O)Cc1csc(Nc2cccc(C3C(C(=O)OC)=C(C)N=C(C)C3C(=O)OC)c2)n1. The first kappa shape index (κ1) is 25.1. The summed E-state index contributed by atoms with van der Waals surface area (Å²) in [4.78, 5) is 45.9. The first-order valence-electron chi connectivity index (χ1n) is 10.7. The average molecular weight is 486 g/mol. The highest BCUT2D eigenvalue weighted by molar-refractivity contribution is 7.13. The van der Waals surface area contributed by atoms with Gasteiger partial charge < -0.3 is 19.5 Å². The van der Waals surface area contributed by atoms with E-state index in [4.69, 9.17) is 14.2 Å². The molecule has 1 aliphatic rings. The molecule has 10 heteroatoms. The normalized spacial score (nSPS) is 17.6. The number of aromatic nitrogens is 1. The fourth-order valence-electron chi connectivity index (χ4n) is 3.94. The zero-order chi connectivity index (χ0) is 24.8. The zero-order valence-corrected chi connectivity index (χ0v) is 20.5. The van der Waals surface area contributed by atoms with Crippen molar-refractivity contribution >= 4 is 45.8 Å². The van der Waals surface area contributed by atoms with Crippen LogP contribution in [0, 0.1) is 5.92 Å². The molecule has 0 saturated heterocycles. The van der Waals surface area contributed by atoms with Crippen LogP contribution in [0.2, 0.25) is 0 Å². The molecule has 34 heavy (non-hydrogen) atoms. The van der Waals surface area contributed by atoms with Gasteiger partial charge in [-0.25, -0.2) is 9.78 Å². The maximum absolute atomic E-state index is 12.7. The van der Waals surface area contributed by atoms with E-state index < -0.39 is 23.8 Å². The standard InChI is InChI=1S/C24H27N3O6S/c1-6-33-18(28)11-17-12-34-24(27-17)26-16-9-7-8-15(10-16)21-19(22(29)31-4)13(2)25-14(3)20(21)23(30)32-5/h7-10,12,19,21H,6,11H2,1-5H3,(H,26,27). The highest BCUT2D eigenvalue weighted by Gasteiger charge is 2.42. The lowest BCUT2D eigenvalue weighted by molar-refractivity contribution is -0.144. The van der Waals surface area contributed by atoms with Crippen molar-refractivity contribution in [1.29, 1.82) is 0 Å². The Kier molecular flexibility index (Phi) is 8.17. The summed E-state index contributed by atoms with van der Waals surface area (Å²) in [5, 5.41) is 5.61. The molecular weight excluding hydrogens is 458 g/mol. The Morgan fingerprint density at radius 1 is 1.15 bits per heavy atom. The molecule has 1 aromatic carbocycles. The predicted molar refractivity (Wildman–Crippen MR) is 128 cm³/mol. The smallest absolute Gasteiger partial charge is 0.336 e. The summed E-state index contributed by atoms with van der Waals surface area (Å²) in [6, 6.07) is 7.36. The van der Waals surface area contributed by atoms with Gasteiger partial charge in [0, 0.05) is 28.4 Å². The second-order valence-electron chi connectivity index (χ2n) is 7.60. The quantitative estimate of drug-likeness (QED) is 0.444. The summed E-state index contributed by atoms with van der Waals surface area (Å²) in [5.41, 5.74) is 3.41. The van der Waals surface area contributed by atoms with Crippen molar-refractivity contribution in [3.63, 3.8) is 0 Å². The van der Waals surface area contributed by atoms with Crippen LogP contribution in [0.3, 0.4) is 0 Å². The number of aliphatic imine (C=N–C) groups is 1. The van der Waals surface area contributed by atoms with Crippen molar-refractivity contribution in [2.75, 3.05) is 26.1 Å². The molecule has 1 aromatic heterocycles. The van der Waals surface area contributed by atoms with Crippen LogP contribution in [0.15, 0.2) is 45.9 Å². The Hall–Kier alpha value is -3.53. The molecular formula is C24H27N3O6S. The number of carbonyl (C=O) groups excluding carboxylic acids is 3. The van der Waals surface area contributed by atoms with Gasteiger partial charge in [-0.15, -0.1) is 11.3 Å². The molecule has 180 valence electrons. The molecule has 0 saturated carbocycles. The molecule has 1 aliphatic heterocycles. The number of rotatable bonds is 8. The molecule has 2 atom stereocenters. The van der Waals surface area contributed by atoms with E-state index in [1.54, 1.807) is 26.2 Å². The van der Waals surface area contributed by atoms with Crippen LogP contribution < -0.4 is 5.32 Å². The Balaban J connectivity index is 1.94. The number of hydrogen-bond acceptors (Lipinski definition) is 10. The van der Waals surface area contributed by atoms with E-state index in [0.717, 1.165) is 5.56 Å². The Morgan fingerprint density at radius 2 is 1.91 bits per heavy atom. The van der Waals surface area contributed by atoms with Crippen LogP contribution in [-0.4, -0.2) is 49.4 Å². The maximum atomic E-state index is 12.7. The third-order valence-corrected chi connectivity index (χ3v) is 6.17. The maximum Gasteiger partial charge on any atom is 0.336 e. The summed E-state index contributed by atoms with van der Waals surface area (Å²) < 4.78 is 15.0. The van der Waals surface area contributed by atoms with Gasteiger partial charge >= 0.3 is 17.9 Å². The lowest BCUT2D eigenvalue weighted by Crippen LogP contribution is -2.36. The third kappa shape index (κ3) is 5.51. The molecule has 2 heterocycles. The van der Waals surface area contributed by atoms with Gasteiger partial charge in [-0.2, -0.15) is 0 Å². The van der Waals surface area contributed by atoms with Gasteiger partial charge in [0.25, 0.3) is 0 Å². The van der Waals surface area contributed by atoms with Gasteiger partial charge in [0.2, 0.25) is 0 Å². The second kappa shape index (κ2) is 11.1. The molecule has 2 unspecified atom stereocenters. The van der Waals surface area contributed by atoms with Crippen molar-refractivity contribution in [3.05, 3.63) is 52.2 Å². The molecule has 9 nitrogen and oxygen atoms in total. The van der Waals surface area contributed by atoms with E-state index >= 15 is 0 Å². The zero-order valence-electron chi connectivity index (χ0n) is 19.7. The highest BCUT2D eigenvalue weighted by Crippen LogP contribution is 2.40. The molecule has 0 fully saturated rings. The minimum absolute atomic E-state index is 0.0973. The number of nitrogens with zero attached hydrogens (tertiary/aromatic N) is 2. The van der Waals surface area contributed by atoms with E-state index in [-0.39, 0.29) is 12.4 Å². The molecule has 0 spiro atoms. The number of thiazole rings is 1. The summed E-state index contributed by atoms with van der Waals surface area (Å²) in [5.74, 6) is -2.76. The number of benzene rings is 1. The van der Waals surface area contributed by atoms with Crippen molar-refractivity contribution in [1.82, 2.24) is 4.98 Å². The first-order chi connectivity index (χ1) is 16.3. The molecule has 2 aromatic rings. The Bertz CT molecular complexity index is 1150. The van der Waals surface area contributed by atoms with Gasteiger partial charge in [-0.1, -0.05) is 12.1 Å². The fourth-order valence-corrected chi connectivity index (χ4v) is 4.67. The number of ether oxygens (including phenoxy) is 3. The van der Waals surface area contributed by atoms with Crippen molar-refractivity contribution in [3.8, 4) is 0 Å². The Morgan fingerprint density at radius 3 is 2.59 bits per heavy atom. The van der Waals surface area contributed by atoms with Crippen LogP contribution in [0.1, 0.15) is 37.9 Å². The number of anilines is 2. The van der Waals surface area contributed by atoms with Crippen LogP contribution in [0.4, 0.5) is 10.8 Å². The molecule has 0 bridgehead atoms. The number of nitrogens with one attached hydrogen (secondary N) is 1. The lowest BCUT2D eigenvalue weighted by atomic mass is 9.75.